The number of benzene rings is 3. The summed E-state index contributed by atoms with van der Waals surface area (Å²) in [5.74, 6) is 0.509. The third kappa shape index (κ3) is 6.34. The molecule has 6 heteroatoms. The Bertz CT molecular complexity index is 1080. The molecule has 0 radical (unpaired) electrons. The fourth-order valence-electron chi connectivity index (χ4n) is 2.92. The summed E-state index contributed by atoms with van der Waals surface area (Å²) in [6.07, 6.45) is 1.87. The number of carbonyl (C=O) groups is 1. The van der Waals surface area contributed by atoms with Crippen LogP contribution >= 0.6 is 23.2 Å². The van der Waals surface area contributed by atoms with Crippen LogP contribution in [-0.2, 0) is 17.8 Å². The summed E-state index contributed by atoms with van der Waals surface area (Å²) < 4.78 is 5.81. The van der Waals surface area contributed by atoms with Crippen molar-refractivity contribution in [2.24, 2.45) is 5.10 Å². The van der Waals surface area contributed by atoms with Crippen molar-refractivity contribution in [2.45, 2.75) is 26.9 Å². The van der Waals surface area contributed by atoms with Crippen LogP contribution in [-0.4, -0.2) is 12.1 Å². The first-order chi connectivity index (χ1) is 14.4. The van der Waals surface area contributed by atoms with Crippen LogP contribution in [0.5, 0.6) is 5.75 Å². The summed E-state index contributed by atoms with van der Waals surface area (Å²) in [6, 6.07) is 18.8. The molecule has 3 rings (SSSR count). The molecule has 0 saturated carbocycles. The molecule has 0 unspecified atom stereocenters. The van der Waals surface area contributed by atoms with Gasteiger partial charge in [0.25, 0.3) is 0 Å². The molecule has 3 aromatic rings. The van der Waals surface area contributed by atoms with Gasteiger partial charge in [0, 0.05) is 15.6 Å². The smallest absolute Gasteiger partial charge is 0.244 e. The average Bonchev–Trinajstić information content (AvgIpc) is 2.70. The van der Waals surface area contributed by atoms with E-state index in [-0.39, 0.29) is 12.3 Å². The molecule has 0 fully saturated rings. The number of hydrogen-bond acceptors (Lipinski definition) is 3. The first kappa shape index (κ1) is 21.9. The van der Waals surface area contributed by atoms with Crippen LogP contribution in [0, 0.1) is 13.8 Å². The van der Waals surface area contributed by atoms with Gasteiger partial charge in [-0.05, 0) is 54.8 Å². The lowest BCUT2D eigenvalue weighted by atomic mass is 10.0. The summed E-state index contributed by atoms with van der Waals surface area (Å²) in [6.45, 7) is 4.36. The number of amides is 1. The number of carbonyl (C=O) groups excluding carboxylic acids is 1. The quantitative estimate of drug-likeness (QED) is 0.368. The van der Waals surface area contributed by atoms with Gasteiger partial charge in [-0.1, -0.05) is 65.2 Å². The zero-order chi connectivity index (χ0) is 21.5. The summed E-state index contributed by atoms with van der Waals surface area (Å²) in [4.78, 5) is 12.2. The third-order valence-electron chi connectivity index (χ3n) is 4.52. The highest BCUT2D eigenvalue weighted by atomic mass is 35.5. The van der Waals surface area contributed by atoms with Crippen molar-refractivity contribution in [3.05, 3.63) is 98.5 Å². The van der Waals surface area contributed by atoms with Crippen molar-refractivity contribution >= 4 is 35.3 Å². The second-order valence-electron chi connectivity index (χ2n) is 7.00. The van der Waals surface area contributed by atoms with Crippen molar-refractivity contribution in [3.63, 3.8) is 0 Å². The number of rotatable bonds is 7. The number of nitrogens with zero attached hydrogens (tertiary/aromatic N) is 1. The third-order valence-corrected chi connectivity index (χ3v) is 5.11. The van der Waals surface area contributed by atoms with E-state index in [9.17, 15) is 4.79 Å². The van der Waals surface area contributed by atoms with Crippen LogP contribution < -0.4 is 10.2 Å². The summed E-state index contributed by atoms with van der Waals surface area (Å²) in [5, 5.41) is 5.20. The number of ether oxygens (including phenoxy) is 1. The van der Waals surface area contributed by atoms with Gasteiger partial charge in [0.15, 0.2) is 0 Å². The average molecular weight is 441 g/mol. The maximum atomic E-state index is 12.2. The largest absolute Gasteiger partial charge is 0.489 e. The maximum Gasteiger partial charge on any atom is 0.244 e. The molecule has 0 aliphatic rings. The van der Waals surface area contributed by atoms with Crippen molar-refractivity contribution in [1.82, 2.24) is 5.43 Å². The molecule has 154 valence electrons. The van der Waals surface area contributed by atoms with Gasteiger partial charge in [-0.3, -0.25) is 4.79 Å². The van der Waals surface area contributed by atoms with Gasteiger partial charge in [-0.25, -0.2) is 5.43 Å². The molecule has 0 aromatic heterocycles. The number of hydrazone groups is 1. The first-order valence-electron chi connectivity index (χ1n) is 9.45. The zero-order valence-electron chi connectivity index (χ0n) is 16.8. The molecule has 0 aliphatic carbocycles. The molecule has 3 aromatic carbocycles. The zero-order valence-corrected chi connectivity index (χ0v) is 18.3. The Kier molecular flexibility index (Phi) is 7.50. The molecular weight excluding hydrogens is 419 g/mol. The predicted octanol–water partition coefficient (Wildman–Crippen LogP) is 5.88. The molecule has 0 aliphatic heterocycles. The minimum Gasteiger partial charge on any atom is -0.489 e. The molecule has 4 nitrogen and oxygen atoms in total. The van der Waals surface area contributed by atoms with E-state index in [1.807, 2.05) is 56.3 Å². The Morgan fingerprint density at radius 2 is 1.83 bits per heavy atom. The van der Waals surface area contributed by atoms with Gasteiger partial charge in [0.1, 0.15) is 12.4 Å². The van der Waals surface area contributed by atoms with Crippen molar-refractivity contribution in [3.8, 4) is 5.75 Å². The van der Waals surface area contributed by atoms with Crippen LogP contribution in [0.3, 0.4) is 0 Å². The minimum absolute atomic E-state index is 0.164. The topological polar surface area (TPSA) is 50.7 Å². The highest BCUT2D eigenvalue weighted by Gasteiger charge is 2.06. The summed E-state index contributed by atoms with van der Waals surface area (Å²) >= 11 is 12.1. The number of halogens is 2. The molecule has 30 heavy (non-hydrogen) atoms. The lowest BCUT2D eigenvalue weighted by Crippen LogP contribution is -2.20. The van der Waals surface area contributed by atoms with Crippen LogP contribution in [0.2, 0.25) is 10.0 Å². The Morgan fingerprint density at radius 1 is 1.03 bits per heavy atom. The second-order valence-corrected chi connectivity index (χ2v) is 7.84. The van der Waals surface area contributed by atoms with E-state index < -0.39 is 0 Å². The standard InChI is InChI=1S/C24H22Cl2N2O2/c1-16-6-7-19(17(2)10-16)12-24(29)28-27-14-18-4-3-5-22(11-18)30-15-20-8-9-21(25)13-23(20)26/h3-11,13-14H,12,15H2,1-2H3,(H,28,29)/b27-14-. The number of aryl methyl sites for hydroxylation is 2. The van der Waals surface area contributed by atoms with Gasteiger partial charge in [0.05, 0.1) is 12.6 Å². The van der Waals surface area contributed by atoms with E-state index in [0.29, 0.717) is 22.4 Å². The molecule has 1 N–H and O–H groups in total. The monoisotopic (exact) mass is 440 g/mol. The molecule has 1 amide bonds. The van der Waals surface area contributed by atoms with E-state index >= 15 is 0 Å². The predicted molar refractivity (Wildman–Crippen MR) is 123 cm³/mol. The first-order valence-corrected chi connectivity index (χ1v) is 10.2. The van der Waals surface area contributed by atoms with Gasteiger partial charge < -0.3 is 4.74 Å². The SMILES string of the molecule is Cc1ccc(CC(=O)N/N=C\c2cccc(OCc3ccc(Cl)cc3Cl)c2)c(C)c1. The molecule has 0 heterocycles. The summed E-state index contributed by atoms with van der Waals surface area (Å²) in [5.41, 5.74) is 7.49. The summed E-state index contributed by atoms with van der Waals surface area (Å²) in [7, 11) is 0. The van der Waals surface area contributed by atoms with Crippen molar-refractivity contribution in [2.75, 3.05) is 0 Å². The highest BCUT2D eigenvalue weighted by molar-refractivity contribution is 6.35. The van der Waals surface area contributed by atoms with Crippen molar-refractivity contribution < 1.29 is 9.53 Å². The molecule has 0 bridgehead atoms. The van der Waals surface area contributed by atoms with E-state index in [0.717, 1.165) is 22.3 Å². The Labute approximate surface area is 186 Å². The van der Waals surface area contributed by atoms with Gasteiger partial charge in [0.2, 0.25) is 5.91 Å². The van der Waals surface area contributed by atoms with Crippen LogP contribution in [0.1, 0.15) is 27.8 Å². The normalized spacial score (nSPS) is 10.9. The van der Waals surface area contributed by atoms with E-state index in [1.54, 1.807) is 18.3 Å². The van der Waals surface area contributed by atoms with E-state index in [4.69, 9.17) is 27.9 Å². The highest BCUT2D eigenvalue weighted by Crippen LogP contribution is 2.23. The molecule has 0 atom stereocenters. The van der Waals surface area contributed by atoms with Gasteiger partial charge >= 0.3 is 0 Å². The van der Waals surface area contributed by atoms with Crippen LogP contribution in [0.25, 0.3) is 0 Å². The van der Waals surface area contributed by atoms with Crippen LogP contribution in [0.15, 0.2) is 65.8 Å². The van der Waals surface area contributed by atoms with Gasteiger partial charge in [-0.2, -0.15) is 5.10 Å². The number of nitrogens with one attached hydrogen (secondary N) is 1. The number of hydrogen-bond donors (Lipinski definition) is 1. The fourth-order valence-corrected chi connectivity index (χ4v) is 3.38. The van der Waals surface area contributed by atoms with Gasteiger partial charge in [-0.15, -0.1) is 0 Å². The minimum atomic E-state index is -0.164. The van der Waals surface area contributed by atoms with Crippen LogP contribution in [0.4, 0.5) is 0 Å². The van der Waals surface area contributed by atoms with E-state index in [1.165, 1.54) is 5.56 Å². The maximum absolute atomic E-state index is 12.2. The molecular formula is C24H22Cl2N2O2. The Hall–Kier alpha value is -2.82. The molecule has 0 saturated heterocycles. The lowest BCUT2D eigenvalue weighted by Gasteiger charge is -2.08. The van der Waals surface area contributed by atoms with Crippen molar-refractivity contribution in [1.29, 1.82) is 0 Å². The fraction of sp³-hybridized carbons (Fsp3) is 0.167. The Balaban J connectivity index is 1.55. The second kappa shape index (κ2) is 10.3. The lowest BCUT2D eigenvalue weighted by molar-refractivity contribution is -0.120. The van der Waals surface area contributed by atoms with E-state index in [2.05, 4.69) is 16.6 Å². The Morgan fingerprint density at radius 3 is 2.60 bits per heavy atom. The molecule has 0 spiro atoms.